The highest BCUT2D eigenvalue weighted by molar-refractivity contribution is 6.33. The summed E-state index contributed by atoms with van der Waals surface area (Å²) < 4.78 is 1.76. The van der Waals surface area contributed by atoms with Gasteiger partial charge >= 0.3 is 0 Å². The van der Waals surface area contributed by atoms with Gasteiger partial charge in [0.2, 0.25) is 0 Å². The molecule has 17 heavy (non-hydrogen) atoms. The highest BCUT2D eigenvalue weighted by Crippen LogP contribution is 2.40. The van der Waals surface area contributed by atoms with E-state index in [2.05, 4.69) is 10.1 Å². The average molecular weight is 249 g/mol. The van der Waals surface area contributed by atoms with Crippen LogP contribution in [0, 0.1) is 0 Å². The Balaban J connectivity index is 2.14. The minimum absolute atomic E-state index is 0.527. The van der Waals surface area contributed by atoms with Crippen molar-refractivity contribution >= 4 is 17.3 Å². The minimum atomic E-state index is 0.527. The van der Waals surface area contributed by atoms with Crippen LogP contribution in [0.2, 0.25) is 5.02 Å². The maximum Gasteiger partial charge on any atom is 0.161 e. The lowest BCUT2D eigenvalue weighted by atomic mass is 10.1. The number of nitrogen functional groups attached to an aromatic ring is 1. The van der Waals surface area contributed by atoms with E-state index in [-0.39, 0.29) is 0 Å². The van der Waals surface area contributed by atoms with E-state index in [0.29, 0.717) is 16.6 Å². The molecule has 1 aromatic carbocycles. The molecule has 0 radical (unpaired) electrons. The number of rotatable bonds is 2. The van der Waals surface area contributed by atoms with Gasteiger partial charge in [0, 0.05) is 18.7 Å². The molecule has 0 spiro atoms. The van der Waals surface area contributed by atoms with E-state index in [0.717, 1.165) is 17.2 Å². The number of hydrogen-bond acceptors (Lipinski definition) is 3. The van der Waals surface area contributed by atoms with Gasteiger partial charge in [-0.2, -0.15) is 5.10 Å². The standard InChI is InChI=1S/C12H13ClN4/c1-17-12(15-11(16-17)7-5-6-7)10-8(13)3-2-4-9(10)14/h2-4,7H,5-6,14H2,1H3. The van der Waals surface area contributed by atoms with Gasteiger partial charge in [-0.3, -0.25) is 0 Å². The summed E-state index contributed by atoms with van der Waals surface area (Å²) >= 11 is 6.18. The second kappa shape index (κ2) is 3.74. The van der Waals surface area contributed by atoms with Gasteiger partial charge < -0.3 is 5.73 Å². The van der Waals surface area contributed by atoms with Crippen LogP contribution in [0.1, 0.15) is 24.6 Å². The first-order valence-corrected chi connectivity index (χ1v) is 6.00. The number of nitrogens with two attached hydrogens (primary N) is 1. The largest absolute Gasteiger partial charge is 0.398 e. The van der Waals surface area contributed by atoms with Crippen LogP contribution in [0.4, 0.5) is 5.69 Å². The third kappa shape index (κ3) is 1.78. The number of aromatic nitrogens is 3. The summed E-state index contributed by atoms with van der Waals surface area (Å²) in [6, 6.07) is 5.48. The molecule has 1 fully saturated rings. The van der Waals surface area contributed by atoms with Crippen molar-refractivity contribution in [2.75, 3.05) is 5.73 Å². The lowest BCUT2D eigenvalue weighted by Gasteiger charge is -2.06. The van der Waals surface area contributed by atoms with Crippen molar-refractivity contribution in [2.45, 2.75) is 18.8 Å². The van der Waals surface area contributed by atoms with Crippen molar-refractivity contribution in [3.05, 3.63) is 29.0 Å². The number of benzene rings is 1. The van der Waals surface area contributed by atoms with Crippen LogP contribution in [0.5, 0.6) is 0 Å². The molecule has 2 N–H and O–H groups in total. The van der Waals surface area contributed by atoms with Crippen molar-refractivity contribution in [3.63, 3.8) is 0 Å². The van der Waals surface area contributed by atoms with Gasteiger partial charge in [0.25, 0.3) is 0 Å². The summed E-state index contributed by atoms with van der Waals surface area (Å²) in [4.78, 5) is 4.55. The van der Waals surface area contributed by atoms with Gasteiger partial charge in [-0.1, -0.05) is 17.7 Å². The number of aryl methyl sites for hydroxylation is 1. The Bertz CT molecular complexity index is 552. The van der Waals surface area contributed by atoms with E-state index in [1.165, 1.54) is 12.8 Å². The summed E-state index contributed by atoms with van der Waals surface area (Å²) in [6.07, 6.45) is 2.36. The predicted octanol–water partition coefficient (Wildman–Crippen LogP) is 2.60. The van der Waals surface area contributed by atoms with Gasteiger partial charge in [0.15, 0.2) is 11.6 Å². The monoisotopic (exact) mass is 248 g/mol. The second-order valence-corrected chi connectivity index (χ2v) is 4.80. The van der Waals surface area contributed by atoms with Crippen molar-refractivity contribution in [3.8, 4) is 11.4 Å². The quantitative estimate of drug-likeness (QED) is 0.831. The molecule has 1 aromatic heterocycles. The molecule has 0 aliphatic heterocycles. The van der Waals surface area contributed by atoms with E-state index in [9.17, 15) is 0 Å². The lowest BCUT2D eigenvalue weighted by Crippen LogP contribution is -1.98. The third-order valence-corrected chi connectivity index (χ3v) is 3.31. The molecule has 1 aliphatic rings. The molecule has 3 rings (SSSR count). The van der Waals surface area contributed by atoms with Gasteiger partial charge in [0.05, 0.1) is 10.6 Å². The Labute approximate surface area is 104 Å². The number of anilines is 1. The summed E-state index contributed by atoms with van der Waals surface area (Å²) in [7, 11) is 1.87. The molecule has 0 atom stereocenters. The highest BCUT2D eigenvalue weighted by atomic mass is 35.5. The number of hydrogen-bond donors (Lipinski definition) is 1. The fourth-order valence-electron chi connectivity index (χ4n) is 1.91. The van der Waals surface area contributed by atoms with E-state index in [1.54, 1.807) is 4.68 Å². The topological polar surface area (TPSA) is 56.7 Å². The average Bonchev–Trinajstić information content (AvgIpc) is 3.05. The van der Waals surface area contributed by atoms with Crippen molar-refractivity contribution < 1.29 is 0 Å². The Morgan fingerprint density at radius 3 is 2.82 bits per heavy atom. The molecule has 0 unspecified atom stereocenters. The van der Waals surface area contributed by atoms with E-state index in [1.807, 2.05) is 25.2 Å². The number of nitrogens with zero attached hydrogens (tertiary/aromatic N) is 3. The zero-order chi connectivity index (χ0) is 12.0. The Morgan fingerprint density at radius 1 is 1.41 bits per heavy atom. The summed E-state index contributed by atoms with van der Waals surface area (Å²) in [5.74, 6) is 2.18. The summed E-state index contributed by atoms with van der Waals surface area (Å²) in [6.45, 7) is 0. The summed E-state index contributed by atoms with van der Waals surface area (Å²) in [5, 5.41) is 5.04. The SMILES string of the molecule is Cn1nc(C2CC2)nc1-c1c(N)cccc1Cl. The molecule has 1 saturated carbocycles. The predicted molar refractivity (Wildman–Crippen MR) is 67.8 cm³/mol. The first-order chi connectivity index (χ1) is 8.16. The van der Waals surface area contributed by atoms with E-state index >= 15 is 0 Å². The van der Waals surface area contributed by atoms with Crippen LogP contribution in [-0.4, -0.2) is 14.8 Å². The Morgan fingerprint density at radius 2 is 2.18 bits per heavy atom. The van der Waals surface area contributed by atoms with Crippen LogP contribution in [0.15, 0.2) is 18.2 Å². The molecule has 4 nitrogen and oxygen atoms in total. The van der Waals surface area contributed by atoms with E-state index in [4.69, 9.17) is 17.3 Å². The first kappa shape index (κ1) is 10.6. The van der Waals surface area contributed by atoms with Gasteiger partial charge in [-0.05, 0) is 25.0 Å². The molecule has 0 bridgehead atoms. The highest BCUT2D eigenvalue weighted by Gasteiger charge is 2.29. The lowest BCUT2D eigenvalue weighted by molar-refractivity contribution is 0.750. The Hall–Kier alpha value is -1.55. The number of halogens is 1. The molecule has 0 amide bonds. The molecule has 1 heterocycles. The molecule has 88 valence electrons. The maximum atomic E-state index is 6.18. The van der Waals surface area contributed by atoms with Crippen LogP contribution < -0.4 is 5.73 Å². The van der Waals surface area contributed by atoms with Crippen LogP contribution in [0.25, 0.3) is 11.4 Å². The zero-order valence-electron chi connectivity index (χ0n) is 9.52. The van der Waals surface area contributed by atoms with Crippen LogP contribution in [0.3, 0.4) is 0 Å². The summed E-state index contributed by atoms with van der Waals surface area (Å²) in [5.41, 5.74) is 7.37. The van der Waals surface area contributed by atoms with Gasteiger partial charge in [-0.25, -0.2) is 9.67 Å². The van der Waals surface area contributed by atoms with E-state index < -0.39 is 0 Å². The molecule has 2 aromatic rings. The third-order valence-electron chi connectivity index (χ3n) is 2.99. The second-order valence-electron chi connectivity index (χ2n) is 4.40. The fraction of sp³-hybridized carbons (Fsp3) is 0.333. The minimum Gasteiger partial charge on any atom is -0.398 e. The molecule has 1 aliphatic carbocycles. The molecule has 5 heteroatoms. The van der Waals surface area contributed by atoms with Crippen LogP contribution >= 0.6 is 11.6 Å². The Kier molecular flexibility index (Phi) is 2.33. The van der Waals surface area contributed by atoms with Crippen molar-refractivity contribution in [1.82, 2.24) is 14.8 Å². The maximum absolute atomic E-state index is 6.18. The van der Waals surface area contributed by atoms with Crippen molar-refractivity contribution in [1.29, 1.82) is 0 Å². The smallest absolute Gasteiger partial charge is 0.161 e. The molecular formula is C12H13ClN4. The fourth-order valence-corrected chi connectivity index (χ4v) is 2.18. The molecular weight excluding hydrogens is 236 g/mol. The van der Waals surface area contributed by atoms with Gasteiger partial charge in [-0.15, -0.1) is 0 Å². The normalized spacial score (nSPS) is 15.2. The zero-order valence-corrected chi connectivity index (χ0v) is 10.3. The van der Waals surface area contributed by atoms with Crippen LogP contribution in [-0.2, 0) is 7.05 Å². The van der Waals surface area contributed by atoms with Gasteiger partial charge in [0.1, 0.15) is 0 Å². The van der Waals surface area contributed by atoms with Crippen molar-refractivity contribution in [2.24, 2.45) is 7.05 Å². The first-order valence-electron chi connectivity index (χ1n) is 5.62. The molecule has 0 saturated heterocycles.